The number of nitrogens with two attached hydrogens (primary N) is 1. The Hall–Kier alpha value is -2.15. The average Bonchev–Trinajstić information content (AvgIpc) is 2.52. The molecule has 0 aromatic heterocycles. The Bertz CT molecular complexity index is 761. The van der Waals surface area contributed by atoms with Crippen LogP contribution in [-0.2, 0) is 4.79 Å². The van der Waals surface area contributed by atoms with Gasteiger partial charge in [-0.2, -0.15) is 0 Å². The third-order valence-electron chi connectivity index (χ3n) is 3.44. The third-order valence-corrected chi connectivity index (χ3v) is 4.57. The summed E-state index contributed by atoms with van der Waals surface area (Å²) in [6, 6.07) is 13.1. The summed E-state index contributed by atoms with van der Waals surface area (Å²) in [4.78, 5) is 27.7. The number of hydrogen-bond donors (Lipinski definition) is 2. The molecule has 1 aliphatic rings. The van der Waals surface area contributed by atoms with E-state index in [1.807, 2.05) is 30.3 Å². The predicted molar refractivity (Wildman–Crippen MR) is 86.3 cm³/mol. The number of benzene rings is 2. The van der Waals surface area contributed by atoms with E-state index in [2.05, 4.69) is 5.43 Å². The number of anilines is 2. The Balaban J connectivity index is 2.16. The average molecular weight is 313 g/mol. The minimum atomic E-state index is -0.169. The lowest BCUT2D eigenvalue weighted by atomic mass is 10.1. The number of amides is 1. The molecule has 0 saturated carbocycles. The number of para-hydroxylation sites is 1. The molecule has 0 radical (unpaired) electrons. The maximum Gasteiger partial charge on any atom is 0.246 e. The zero-order valence-electron chi connectivity index (χ0n) is 12.0. The van der Waals surface area contributed by atoms with E-state index < -0.39 is 0 Å². The van der Waals surface area contributed by atoms with Crippen LogP contribution in [0.1, 0.15) is 17.3 Å². The summed E-state index contributed by atoms with van der Waals surface area (Å²) in [7, 11) is 0. The van der Waals surface area contributed by atoms with Gasteiger partial charge in [0.1, 0.15) is 0 Å². The number of nitrogens with one attached hydrogen (secondary N) is 1. The van der Waals surface area contributed by atoms with Crippen LogP contribution in [0.5, 0.6) is 0 Å². The van der Waals surface area contributed by atoms with Gasteiger partial charge in [-0.25, -0.2) is 0 Å². The molecule has 6 heteroatoms. The van der Waals surface area contributed by atoms with Gasteiger partial charge in [0.25, 0.3) is 0 Å². The molecular weight excluding hydrogens is 298 g/mol. The van der Waals surface area contributed by atoms with Crippen molar-refractivity contribution in [3.05, 3.63) is 48.0 Å². The Morgan fingerprint density at radius 2 is 1.86 bits per heavy atom. The van der Waals surface area contributed by atoms with E-state index in [4.69, 9.17) is 5.84 Å². The van der Waals surface area contributed by atoms with Crippen LogP contribution in [0.4, 0.5) is 11.4 Å². The van der Waals surface area contributed by atoms with Crippen molar-refractivity contribution >= 4 is 34.8 Å². The van der Waals surface area contributed by atoms with Crippen molar-refractivity contribution in [2.45, 2.75) is 16.7 Å². The maximum absolute atomic E-state index is 12.5. The summed E-state index contributed by atoms with van der Waals surface area (Å²) >= 11 is 1.59. The first-order chi connectivity index (χ1) is 10.6. The van der Waals surface area contributed by atoms with Gasteiger partial charge in [0.2, 0.25) is 5.91 Å². The minimum Gasteiger partial charge on any atom is -0.295 e. The highest BCUT2D eigenvalue weighted by atomic mass is 32.2. The number of nitrogens with zero attached hydrogens (tertiary/aromatic N) is 1. The fraction of sp³-hybridized carbons (Fsp3) is 0.125. The van der Waals surface area contributed by atoms with Crippen molar-refractivity contribution in [3.63, 3.8) is 0 Å². The molecule has 22 heavy (non-hydrogen) atoms. The van der Waals surface area contributed by atoms with Gasteiger partial charge in [-0.05, 0) is 31.2 Å². The van der Waals surface area contributed by atoms with E-state index in [1.54, 1.807) is 28.8 Å². The molecule has 2 aromatic rings. The molecule has 0 fully saturated rings. The summed E-state index contributed by atoms with van der Waals surface area (Å²) in [6.45, 7) is 1.53. The smallest absolute Gasteiger partial charge is 0.246 e. The number of hydrazine groups is 1. The molecule has 0 atom stereocenters. The summed E-state index contributed by atoms with van der Waals surface area (Å²) in [5, 5.41) is 0. The molecule has 0 saturated heterocycles. The largest absolute Gasteiger partial charge is 0.295 e. The van der Waals surface area contributed by atoms with Gasteiger partial charge < -0.3 is 0 Å². The highest BCUT2D eigenvalue weighted by molar-refractivity contribution is 7.99. The van der Waals surface area contributed by atoms with E-state index in [-0.39, 0.29) is 18.2 Å². The van der Waals surface area contributed by atoms with Gasteiger partial charge in [-0.15, -0.1) is 0 Å². The lowest BCUT2D eigenvalue weighted by Crippen LogP contribution is -2.39. The number of ketones is 1. The van der Waals surface area contributed by atoms with Crippen molar-refractivity contribution in [1.82, 2.24) is 5.43 Å². The minimum absolute atomic E-state index is 0.0166. The Morgan fingerprint density at radius 1 is 1.14 bits per heavy atom. The van der Waals surface area contributed by atoms with Crippen molar-refractivity contribution in [3.8, 4) is 0 Å². The number of fused-ring (bicyclic) bond motifs is 2. The second-order valence-electron chi connectivity index (χ2n) is 4.92. The monoisotopic (exact) mass is 313 g/mol. The molecule has 1 amide bonds. The fourth-order valence-electron chi connectivity index (χ4n) is 2.41. The molecule has 3 N–H and O–H groups in total. The van der Waals surface area contributed by atoms with Gasteiger partial charge in [0.15, 0.2) is 5.78 Å². The molecule has 0 spiro atoms. The number of carbonyl (C=O) groups is 2. The van der Waals surface area contributed by atoms with E-state index in [1.165, 1.54) is 6.92 Å². The van der Waals surface area contributed by atoms with E-state index in [0.29, 0.717) is 5.56 Å². The van der Waals surface area contributed by atoms with Crippen molar-refractivity contribution < 1.29 is 9.59 Å². The van der Waals surface area contributed by atoms with Crippen LogP contribution < -0.4 is 16.2 Å². The first kappa shape index (κ1) is 14.8. The van der Waals surface area contributed by atoms with Crippen LogP contribution in [0.2, 0.25) is 0 Å². The van der Waals surface area contributed by atoms with Crippen LogP contribution in [0.3, 0.4) is 0 Å². The second kappa shape index (κ2) is 5.92. The van der Waals surface area contributed by atoms with Crippen LogP contribution in [-0.4, -0.2) is 18.2 Å². The van der Waals surface area contributed by atoms with Crippen molar-refractivity contribution in [1.29, 1.82) is 0 Å². The summed E-state index contributed by atoms with van der Waals surface area (Å²) < 4.78 is 0. The van der Waals surface area contributed by atoms with Crippen LogP contribution in [0.15, 0.2) is 52.3 Å². The molecule has 1 heterocycles. The lowest BCUT2D eigenvalue weighted by Gasteiger charge is -2.31. The number of hydrogen-bond acceptors (Lipinski definition) is 5. The molecule has 2 aromatic carbocycles. The standard InChI is InChI=1S/C16H15N3O2S/c1-10(20)11-6-7-15-13(8-11)19(16(21)9-18-17)12-4-2-3-5-14(12)22-15/h2-8,18H,9,17H2,1H3. The van der Waals surface area contributed by atoms with E-state index in [9.17, 15) is 9.59 Å². The Labute approximate surface area is 132 Å². The van der Waals surface area contributed by atoms with Gasteiger partial charge in [-0.3, -0.25) is 25.8 Å². The van der Waals surface area contributed by atoms with E-state index in [0.717, 1.165) is 21.2 Å². The molecule has 3 rings (SSSR count). The first-order valence-electron chi connectivity index (χ1n) is 6.80. The fourth-order valence-corrected chi connectivity index (χ4v) is 3.45. The SMILES string of the molecule is CC(=O)c1ccc2c(c1)N(C(=O)CNN)c1ccccc1S2. The summed E-state index contributed by atoms with van der Waals surface area (Å²) in [6.07, 6.45) is 0. The van der Waals surface area contributed by atoms with E-state index >= 15 is 0 Å². The summed E-state index contributed by atoms with van der Waals surface area (Å²) in [5.41, 5.74) is 4.51. The zero-order chi connectivity index (χ0) is 15.7. The van der Waals surface area contributed by atoms with Gasteiger partial charge in [-0.1, -0.05) is 30.0 Å². The topological polar surface area (TPSA) is 75.4 Å². The molecule has 0 aliphatic carbocycles. The van der Waals surface area contributed by atoms with Crippen molar-refractivity contribution in [2.24, 2.45) is 5.84 Å². The number of carbonyl (C=O) groups excluding carboxylic acids is 2. The highest BCUT2D eigenvalue weighted by Crippen LogP contribution is 2.48. The predicted octanol–water partition coefficient (Wildman–Crippen LogP) is 2.48. The molecule has 5 nitrogen and oxygen atoms in total. The van der Waals surface area contributed by atoms with Crippen LogP contribution in [0.25, 0.3) is 0 Å². The summed E-state index contributed by atoms with van der Waals surface area (Å²) in [5.74, 6) is 5.10. The number of Topliss-reactive ketones (excluding diaryl/α,β-unsaturated/α-hetero) is 1. The maximum atomic E-state index is 12.5. The first-order valence-corrected chi connectivity index (χ1v) is 7.61. The Morgan fingerprint density at radius 3 is 2.59 bits per heavy atom. The normalized spacial score (nSPS) is 12.5. The molecule has 0 unspecified atom stereocenters. The van der Waals surface area contributed by atoms with Crippen LogP contribution in [0, 0.1) is 0 Å². The van der Waals surface area contributed by atoms with Gasteiger partial charge in [0, 0.05) is 15.4 Å². The number of rotatable bonds is 3. The lowest BCUT2D eigenvalue weighted by molar-refractivity contribution is -0.117. The second-order valence-corrected chi connectivity index (χ2v) is 6.00. The molecule has 0 bridgehead atoms. The molecule has 1 aliphatic heterocycles. The van der Waals surface area contributed by atoms with Crippen molar-refractivity contribution in [2.75, 3.05) is 11.4 Å². The zero-order valence-corrected chi connectivity index (χ0v) is 12.8. The Kier molecular flexibility index (Phi) is 3.98. The van der Waals surface area contributed by atoms with Gasteiger partial charge >= 0.3 is 0 Å². The quantitative estimate of drug-likeness (QED) is 0.517. The van der Waals surface area contributed by atoms with Gasteiger partial charge in [0.05, 0.1) is 17.9 Å². The molecular formula is C16H15N3O2S. The van der Waals surface area contributed by atoms with Crippen LogP contribution >= 0.6 is 11.8 Å². The third kappa shape index (κ3) is 2.52. The highest BCUT2D eigenvalue weighted by Gasteiger charge is 2.28. The molecule has 112 valence electrons.